The standard InChI is InChI=1S/C11H16ClN5/c1-2-17(10(13)14)11(15)16-7-8-3-5-9(12)6-4-8/h3-6H,2,7H2,1H3,(H3,13,14)(H2,15,16). The number of rotatable bonds is 3. The molecular formula is C11H16ClN5. The molecule has 0 aliphatic heterocycles. The van der Waals surface area contributed by atoms with Crippen LogP contribution in [0.4, 0.5) is 0 Å². The van der Waals surface area contributed by atoms with Crippen LogP contribution in [-0.4, -0.2) is 23.4 Å². The van der Waals surface area contributed by atoms with Crippen LogP contribution in [0.15, 0.2) is 29.3 Å². The normalized spacial score (nSPS) is 11.3. The van der Waals surface area contributed by atoms with Crippen LogP contribution in [0.1, 0.15) is 12.5 Å². The van der Waals surface area contributed by atoms with Gasteiger partial charge < -0.3 is 11.5 Å². The van der Waals surface area contributed by atoms with E-state index in [1.807, 2.05) is 19.1 Å². The first-order chi connectivity index (χ1) is 8.04. The lowest BCUT2D eigenvalue weighted by Crippen LogP contribution is -2.45. The van der Waals surface area contributed by atoms with E-state index in [0.29, 0.717) is 18.1 Å². The van der Waals surface area contributed by atoms with Gasteiger partial charge in [0.05, 0.1) is 6.54 Å². The number of aliphatic imine (C=N–C) groups is 1. The Morgan fingerprint density at radius 2 is 1.94 bits per heavy atom. The van der Waals surface area contributed by atoms with Crippen molar-refractivity contribution in [3.63, 3.8) is 0 Å². The molecule has 0 aliphatic carbocycles. The summed E-state index contributed by atoms with van der Waals surface area (Å²) in [5.74, 6) is 0.139. The van der Waals surface area contributed by atoms with Crippen LogP contribution in [0.3, 0.4) is 0 Å². The maximum atomic E-state index is 7.32. The molecule has 0 heterocycles. The van der Waals surface area contributed by atoms with Crippen LogP contribution in [0.25, 0.3) is 0 Å². The Hall–Kier alpha value is -1.75. The first-order valence-corrected chi connectivity index (χ1v) is 5.58. The lowest BCUT2D eigenvalue weighted by atomic mass is 10.2. The molecule has 0 atom stereocenters. The van der Waals surface area contributed by atoms with Gasteiger partial charge in [-0.3, -0.25) is 10.3 Å². The average Bonchev–Trinajstić information content (AvgIpc) is 2.28. The molecule has 1 aromatic rings. The summed E-state index contributed by atoms with van der Waals surface area (Å²) < 4.78 is 0. The Morgan fingerprint density at radius 1 is 1.35 bits per heavy atom. The molecule has 5 N–H and O–H groups in total. The molecule has 0 aromatic heterocycles. The highest BCUT2D eigenvalue weighted by Gasteiger charge is 2.07. The summed E-state index contributed by atoms with van der Waals surface area (Å²) in [5, 5.41) is 8.00. The van der Waals surface area contributed by atoms with Crippen LogP contribution in [0.2, 0.25) is 5.02 Å². The van der Waals surface area contributed by atoms with E-state index in [-0.39, 0.29) is 11.9 Å². The van der Waals surface area contributed by atoms with Crippen LogP contribution in [0, 0.1) is 5.41 Å². The molecule has 0 amide bonds. The highest BCUT2D eigenvalue weighted by molar-refractivity contribution is 6.30. The lowest BCUT2D eigenvalue weighted by molar-refractivity contribution is 0.618. The predicted octanol–water partition coefficient (Wildman–Crippen LogP) is 1.37. The third kappa shape index (κ3) is 3.96. The fourth-order valence-corrected chi connectivity index (χ4v) is 1.43. The summed E-state index contributed by atoms with van der Waals surface area (Å²) in [6.45, 7) is 2.81. The molecule has 0 unspecified atom stereocenters. The van der Waals surface area contributed by atoms with Gasteiger partial charge in [0.1, 0.15) is 0 Å². The van der Waals surface area contributed by atoms with Crippen molar-refractivity contribution in [3.05, 3.63) is 34.9 Å². The first kappa shape index (κ1) is 13.3. The van der Waals surface area contributed by atoms with Crippen LogP contribution < -0.4 is 11.5 Å². The molecule has 5 nitrogen and oxygen atoms in total. The Kier molecular flexibility index (Phi) is 4.78. The van der Waals surface area contributed by atoms with Crippen molar-refractivity contribution < 1.29 is 0 Å². The third-order valence-electron chi connectivity index (χ3n) is 2.22. The minimum Gasteiger partial charge on any atom is -0.370 e. The van der Waals surface area contributed by atoms with Crippen LogP contribution in [0.5, 0.6) is 0 Å². The van der Waals surface area contributed by atoms with E-state index < -0.39 is 0 Å². The van der Waals surface area contributed by atoms with Gasteiger partial charge in [0.2, 0.25) is 0 Å². The molecule has 0 bridgehead atoms. The maximum absolute atomic E-state index is 7.32. The number of nitrogens with zero attached hydrogens (tertiary/aromatic N) is 2. The van der Waals surface area contributed by atoms with Crippen LogP contribution in [-0.2, 0) is 6.54 Å². The smallest absolute Gasteiger partial charge is 0.198 e. The first-order valence-electron chi connectivity index (χ1n) is 5.20. The zero-order chi connectivity index (χ0) is 12.8. The Bertz CT molecular complexity index is 412. The molecule has 0 radical (unpaired) electrons. The predicted molar refractivity (Wildman–Crippen MR) is 71.1 cm³/mol. The molecule has 0 saturated heterocycles. The second-order valence-corrected chi connectivity index (χ2v) is 3.87. The number of nitrogens with two attached hydrogens (primary N) is 2. The zero-order valence-corrected chi connectivity index (χ0v) is 10.4. The van der Waals surface area contributed by atoms with Crippen molar-refractivity contribution in [2.75, 3.05) is 6.54 Å². The molecule has 0 fully saturated rings. The average molecular weight is 254 g/mol. The van der Waals surface area contributed by atoms with Gasteiger partial charge in [0, 0.05) is 11.6 Å². The van der Waals surface area contributed by atoms with Gasteiger partial charge in [-0.25, -0.2) is 4.99 Å². The number of guanidine groups is 2. The lowest BCUT2D eigenvalue weighted by Gasteiger charge is -2.19. The summed E-state index contributed by atoms with van der Waals surface area (Å²) in [6, 6.07) is 7.35. The Labute approximate surface area is 106 Å². The topological polar surface area (TPSA) is 91.5 Å². The van der Waals surface area contributed by atoms with Crippen molar-refractivity contribution in [2.45, 2.75) is 13.5 Å². The van der Waals surface area contributed by atoms with E-state index in [1.165, 1.54) is 4.90 Å². The zero-order valence-electron chi connectivity index (χ0n) is 9.65. The Balaban J connectivity index is 2.70. The van der Waals surface area contributed by atoms with Crippen molar-refractivity contribution >= 4 is 23.5 Å². The summed E-state index contributed by atoms with van der Waals surface area (Å²) in [5.41, 5.74) is 12.1. The summed E-state index contributed by atoms with van der Waals surface area (Å²) in [7, 11) is 0. The van der Waals surface area contributed by atoms with E-state index in [0.717, 1.165) is 5.56 Å². The number of nitrogens with one attached hydrogen (secondary N) is 1. The SMILES string of the molecule is CCN(C(=N)N)C(N)=NCc1ccc(Cl)cc1. The monoisotopic (exact) mass is 253 g/mol. The van der Waals surface area contributed by atoms with E-state index in [4.69, 9.17) is 28.5 Å². The summed E-state index contributed by atoms with van der Waals surface area (Å²) >= 11 is 5.78. The molecular weight excluding hydrogens is 238 g/mol. The number of hydrogen-bond donors (Lipinski definition) is 3. The number of hydrogen-bond acceptors (Lipinski definition) is 2. The second kappa shape index (κ2) is 6.10. The van der Waals surface area contributed by atoms with Gasteiger partial charge in [-0.2, -0.15) is 0 Å². The minimum atomic E-state index is -0.107. The molecule has 6 heteroatoms. The fourth-order valence-electron chi connectivity index (χ4n) is 1.30. The largest absolute Gasteiger partial charge is 0.370 e. The highest BCUT2D eigenvalue weighted by Crippen LogP contribution is 2.10. The maximum Gasteiger partial charge on any atom is 0.198 e. The van der Waals surface area contributed by atoms with Crippen molar-refractivity contribution in [3.8, 4) is 0 Å². The molecule has 1 aromatic carbocycles. The molecule has 0 aliphatic rings. The number of benzene rings is 1. The Morgan fingerprint density at radius 3 is 2.41 bits per heavy atom. The third-order valence-corrected chi connectivity index (χ3v) is 2.47. The molecule has 0 spiro atoms. The van der Waals surface area contributed by atoms with Gasteiger partial charge in [-0.05, 0) is 24.6 Å². The summed E-state index contributed by atoms with van der Waals surface area (Å²) in [4.78, 5) is 5.60. The van der Waals surface area contributed by atoms with Crippen molar-refractivity contribution in [1.29, 1.82) is 5.41 Å². The van der Waals surface area contributed by atoms with Crippen LogP contribution >= 0.6 is 11.6 Å². The van der Waals surface area contributed by atoms with Crippen molar-refractivity contribution in [2.24, 2.45) is 16.5 Å². The fraction of sp³-hybridized carbons (Fsp3) is 0.273. The van der Waals surface area contributed by atoms with Crippen molar-refractivity contribution in [1.82, 2.24) is 4.90 Å². The molecule has 17 heavy (non-hydrogen) atoms. The minimum absolute atomic E-state index is 0.107. The molecule has 1 rings (SSSR count). The van der Waals surface area contributed by atoms with E-state index >= 15 is 0 Å². The molecule has 0 saturated carbocycles. The molecule has 92 valence electrons. The van der Waals surface area contributed by atoms with Gasteiger partial charge in [-0.15, -0.1) is 0 Å². The number of halogens is 1. The van der Waals surface area contributed by atoms with Gasteiger partial charge in [-0.1, -0.05) is 23.7 Å². The van der Waals surface area contributed by atoms with Gasteiger partial charge in [0.25, 0.3) is 0 Å². The van der Waals surface area contributed by atoms with E-state index in [1.54, 1.807) is 12.1 Å². The van der Waals surface area contributed by atoms with E-state index in [9.17, 15) is 0 Å². The highest BCUT2D eigenvalue weighted by atomic mass is 35.5. The quantitative estimate of drug-likeness (QED) is 0.561. The van der Waals surface area contributed by atoms with Gasteiger partial charge >= 0.3 is 0 Å². The van der Waals surface area contributed by atoms with Gasteiger partial charge in [0.15, 0.2) is 11.9 Å². The summed E-state index contributed by atoms with van der Waals surface area (Å²) in [6.07, 6.45) is 0. The van der Waals surface area contributed by atoms with E-state index in [2.05, 4.69) is 4.99 Å². The second-order valence-electron chi connectivity index (χ2n) is 3.43.